The van der Waals surface area contributed by atoms with Crippen LogP contribution in [0.1, 0.15) is 67.8 Å². The number of nitroso groups, excluding NO2 is 1. The van der Waals surface area contributed by atoms with Crippen molar-refractivity contribution in [2.45, 2.75) is 77.2 Å². The summed E-state index contributed by atoms with van der Waals surface area (Å²) < 4.78 is 31.1. The first-order valence-corrected chi connectivity index (χ1v) is 18.4. The standard InChI is InChI=1S/C37H46N6O8S/c1-24(2)20-41(52(50,51)30-13-11-28(12-14-30)19-39-49)22-33(45)32(17-27-9-7-6-8-10-27)40-36(47)35(25(3)4)43-23-34(46)42(37(43)48)21-29-15-16-38-31(18-29)26(5)44/h6-16,18,23-25,32-33,35,45-46H,17,19-22H2,1-5H3,(H,40,47)/t32-,33+,35-/m0/s1. The van der Waals surface area contributed by atoms with Gasteiger partial charge in [-0.2, -0.15) is 9.21 Å². The third-order valence-corrected chi connectivity index (χ3v) is 10.4. The van der Waals surface area contributed by atoms with Crippen LogP contribution in [0.15, 0.2) is 94.0 Å². The molecular weight excluding hydrogens is 689 g/mol. The molecule has 2 aromatic heterocycles. The lowest BCUT2D eigenvalue weighted by Crippen LogP contribution is -2.53. The molecule has 2 heterocycles. The van der Waals surface area contributed by atoms with E-state index in [0.717, 1.165) is 14.7 Å². The molecule has 2 aromatic carbocycles. The van der Waals surface area contributed by atoms with Crippen LogP contribution in [0.5, 0.6) is 5.88 Å². The van der Waals surface area contributed by atoms with Crippen LogP contribution < -0.4 is 11.0 Å². The molecule has 1 amide bonds. The summed E-state index contributed by atoms with van der Waals surface area (Å²) in [4.78, 5) is 54.3. The molecule has 4 aromatic rings. The number of aromatic hydroxyl groups is 1. The Kier molecular flexibility index (Phi) is 13.4. The molecule has 0 radical (unpaired) electrons. The first kappa shape index (κ1) is 39.8. The van der Waals surface area contributed by atoms with E-state index in [1.807, 2.05) is 44.2 Å². The van der Waals surface area contributed by atoms with Crippen LogP contribution in [-0.4, -0.2) is 74.0 Å². The second kappa shape index (κ2) is 17.5. The van der Waals surface area contributed by atoms with Gasteiger partial charge in [0.25, 0.3) is 0 Å². The average Bonchev–Trinajstić information content (AvgIpc) is 3.36. The zero-order valence-electron chi connectivity index (χ0n) is 29.9. The fourth-order valence-electron chi connectivity index (χ4n) is 5.96. The van der Waals surface area contributed by atoms with Gasteiger partial charge in [-0.15, -0.1) is 0 Å². The highest BCUT2D eigenvalue weighted by molar-refractivity contribution is 7.89. The fourth-order valence-corrected chi connectivity index (χ4v) is 7.58. The van der Waals surface area contributed by atoms with Gasteiger partial charge in [0, 0.05) is 26.2 Å². The van der Waals surface area contributed by atoms with Crippen LogP contribution in [0, 0.1) is 16.7 Å². The van der Waals surface area contributed by atoms with Gasteiger partial charge in [0.05, 0.1) is 29.8 Å². The van der Waals surface area contributed by atoms with Crippen molar-refractivity contribution in [3.63, 3.8) is 0 Å². The summed E-state index contributed by atoms with van der Waals surface area (Å²) in [6.45, 7) is 8.08. The topological polar surface area (TPSA) is 193 Å². The van der Waals surface area contributed by atoms with Crippen LogP contribution in [0.2, 0.25) is 0 Å². The minimum Gasteiger partial charge on any atom is -0.493 e. The maximum Gasteiger partial charge on any atom is 0.332 e. The van der Waals surface area contributed by atoms with Crippen molar-refractivity contribution in [3.05, 3.63) is 117 Å². The number of amides is 1. The van der Waals surface area contributed by atoms with Gasteiger partial charge in [0.15, 0.2) is 5.78 Å². The predicted molar refractivity (Wildman–Crippen MR) is 195 cm³/mol. The molecule has 0 saturated carbocycles. The van der Waals surface area contributed by atoms with E-state index in [9.17, 15) is 37.9 Å². The highest BCUT2D eigenvalue weighted by Crippen LogP contribution is 2.23. The molecule has 4 rings (SSSR count). The minimum absolute atomic E-state index is 0.0218. The van der Waals surface area contributed by atoms with Crippen molar-refractivity contribution < 1.29 is 28.2 Å². The number of sulfonamides is 1. The molecule has 0 aliphatic carbocycles. The summed E-state index contributed by atoms with van der Waals surface area (Å²) in [7, 11) is -4.12. The number of imidazole rings is 1. The van der Waals surface area contributed by atoms with Gasteiger partial charge < -0.3 is 15.5 Å². The molecule has 0 aliphatic rings. The van der Waals surface area contributed by atoms with E-state index in [0.29, 0.717) is 11.1 Å². The molecule has 15 heteroatoms. The van der Waals surface area contributed by atoms with E-state index in [-0.39, 0.29) is 54.9 Å². The maximum absolute atomic E-state index is 14.1. The van der Waals surface area contributed by atoms with Crippen molar-refractivity contribution in [1.29, 1.82) is 0 Å². The molecule has 0 saturated heterocycles. The SMILES string of the molecule is CC(=O)c1cc(Cn2c(O)cn([C@H](C(=O)N[C@@H](Cc3ccccc3)[C@H](O)CN(CC(C)C)S(=O)(=O)c3ccc(CN=O)cc3)C(C)C)c2=O)ccn1. The van der Waals surface area contributed by atoms with Crippen molar-refractivity contribution in [3.8, 4) is 5.88 Å². The lowest BCUT2D eigenvalue weighted by Gasteiger charge is -2.32. The molecule has 278 valence electrons. The third-order valence-electron chi connectivity index (χ3n) is 8.57. The quantitative estimate of drug-likeness (QED) is 0.100. The average molecular weight is 735 g/mol. The largest absolute Gasteiger partial charge is 0.493 e. The number of Topliss-reactive ketones (excluding diaryl/α,β-unsaturated/α-hetero) is 1. The lowest BCUT2D eigenvalue weighted by molar-refractivity contribution is -0.127. The Morgan fingerprint density at radius 2 is 1.63 bits per heavy atom. The Labute approximate surface area is 303 Å². The van der Waals surface area contributed by atoms with Gasteiger partial charge in [0.2, 0.25) is 21.8 Å². The molecule has 3 atom stereocenters. The number of nitrogens with zero attached hydrogens (tertiary/aromatic N) is 5. The Balaban J connectivity index is 1.65. The highest BCUT2D eigenvalue weighted by atomic mass is 32.2. The molecule has 14 nitrogen and oxygen atoms in total. The van der Waals surface area contributed by atoms with Crippen LogP contribution in [-0.2, 0) is 34.3 Å². The highest BCUT2D eigenvalue weighted by Gasteiger charge is 2.34. The zero-order chi connectivity index (χ0) is 38.2. The monoisotopic (exact) mass is 734 g/mol. The fraction of sp³-hybridized carbons (Fsp3) is 0.405. The third kappa shape index (κ3) is 9.86. The number of pyridine rings is 1. The zero-order valence-corrected chi connectivity index (χ0v) is 30.7. The van der Waals surface area contributed by atoms with E-state index < -0.39 is 51.6 Å². The Morgan fingerprint density at radius 1 is 0.962 bits per heavy atom. The normalized spacial score (nSPS) is 13.6. The summed E-state index contributed by atoms with van der Waals surface area (Å²) in [5, 5.41) is 28.3. The van der Waals surface area contributed by atoms with E-state index in [4.69, 9.17) is 0 Å². The Bertz CT molecular complexity index is 2010. The molecule has 52 heavy (non-hydrogen) atoms. The summed E-state index contributed by atoms with van der Waals surface area (Å²) in [5.74, 6) is -1.84. The van der Waals surface area contributed by atoms with Gasteiger partial charge >= 0.3 is 5.69 Å². The number of carbonyl (C=O) groups is 2. The van der Waals surface area contributed by atoms with Crippen molar-refractivity contribution >= 4 is 21.7 Å². The number of aliphatic hydroxyl groups is 1. The smallest absolute Gasteiger partial charge is 0.332 e. The lowest BCUT2D eigenvalue weighted by atomic mass is 9.98. The van der Waals surface area contributed by atoms with Crippen LogP contribution >= 0.6 is 0 Å². The van der Waals surface area contributed by atoms with Crippen molar-refractivity contribution in [2.75, 3.05) is 13.1 Å². The predicted octanol–water partition coefficient (Wildman–Crippen LogP) is 3.90. The Hall–Kier alpha value is -4.99. The van der Waals surface area contributed by atoms with E-state index in [1.54, 1.807) is 19.9 Å². The molecule has 0 aliphatic heterocycles. The molecule has 0 unspecified atom stereocenters. The number of aromatic nitrogens is 3. The molecular formula is C37H46N6O8S. The van der Waals surface area contributed by atoms with Gasteiger partial charge in [0.1, 0.15) is 18.3 Å². The maximum atomic E-state index is 14.1. The molecule has 3 N–H and O–H groups in total. The van der Waals surface area contributed by atoms with Gasteiger partial charge in [-0.25, -0.2) is 13.2 Å². The van der Waals surface area contributed by atoms with Crippen molar-refractivity contribution in [1.82, 2.24) is 23.7 Å². The number of ketones is 1. The molecule has 0 spiro atoms. The number of nitrogens with one attached hydrogen (secondary N) is 1. The van der Waals surface area contributed by atoms with Gasteiger partial charge in [-0.1, -0.05) is 75.3 Å². The number of carbonyl (C=O) groups excluding carboxylic acids is 2. The number of aliphatic hydroxyl groups excluding tert-OH is 1. The van der Waals surface area contributed by atoms with E-state index in [2.05, 4.69) is 15.5 Å². The second-order valence-corrected chi connectivity index (χ2v) is 15.5. The number of benzene rings is 2. The summed E-state index contributed by atoms with van der Waals surface area (Å²) in [6.07, 6.45) is 1.37. The van der Waals surface area contributed by atoms with Crippen LogP contribution in [0.4, 0.5) is 0 Å². The number of hydrogen-bond donors (Lipinski definition) is 3. The van der Waals surface area contributed by atoms with E-state index in [1.165, 1.54) is 54.0 Å². The van der Waals surface area contributed by atoms with Crippen LogP contribution in [0.25, 0.3) is 0 Å². The summed E-state index contributed by atoms with van der Waals surface area (Å²) in [6, 6.07) is 15.9. The molecule has 0 bridgehead atoms. The minimum atomic E-state index is -4.12. The Morgan fingerprint density at radius 3 is 2.23 bits per heavy atom. The second-order valence-electron chi connectivity index (χ2n) is 13.6. The summed E-state index contributed by atoms with van der Waals surface area (Å²) >= 11 is 0. The van der Waals surface area contributed by atoms with E-state index >= 15 is 0 Å². The van der Waals surface area contributed by atoms with Gasteiger partial charge in [-0.3, -0.25) is 23.7 Å². The van der Waals surface area contributed by atoms with Crippen LogP contribution in [0.3, 0.4) is 0 Å². The first-order chi connectivity index (χ1) is 24.6. The summed E-state index contributed by atoms with van der Waals surface area (Å²) in [5.41, 5.74) is 1.40. The van der Waals surface area contributed by atoms with Crippen molar-refractivity contribution in [2.24, 2.45) is 17.0 Å². The molecule has 0 fully saturated rings. The number of hydrogen-bond acceptors (Lipinski definition) is 10. The first-order valence-electron chi connectivity index (χ1n) is 17.0. The number of rotatable bonds is 18. The van der Waals surface area contributed by atoms with Gasteiger partial charge in [-0.05, 0) is 59.2 Å².